The van der Waals surface area contributed by atoms with Gasteiger partial charge in [-0.3, -0.25) is 0 Å². The maximum absolute atomic E-state index is 12.2. The van der Waals surface area contributed by atoms with Crippen LogP contribution in [-0.2, 0) is 10.9 Å². The first-order valence-corrected chi connectivity index (χ1v) is 4.79. The van der Waals surface area contributed by atoms with E-state index in [9.17, 15) is 18.0 Å². The molecule has 0 aliphatic heterocycles. The van der Waals surface area contributed by atoms with E-state index in [-0.39, 0.29) is 12.2 Å². The summed E-state index contributed by atoms with van der Waals surface area (Å²) in [4.78, 5) is 11.3. The molecule has 0 saturated carbocycles. The van der Waals surface area contributed by atoms with Crippen LogP contribution in [0, 0.1) is 0 Å². The predicted molar refractivity (Wildman–Crippen MR) is 52.0 cm³/mol. The molecular formula is C11H11F3O2. The third kappa shape index (κ3) is 3.25. The molecule has 1 aromatic carbocycles. The van der Waals surface area contributed by atoms with Crippen molar-refractivity contribution in [2.75, 3.05) is 6.61 Å². The van der Waals surface area contributed by atoms with Gasteiger partial charge in [0.2, 0.25) is 0 Å². The Morgan fingerprint density at radius 2 is 1.81 bits per heavy atom. The van der Waals surface area contributed by atoms with E-state index in [2.05, 4.69) is 0 Å². The highest BCUT2D eigenvalue weighted by Crippen LogP contribution is 2.29. The van der Waals surface area contributed by atoms with E-state index in [4.69, 9.17) is 4.74 Å². The van der Waals surface area contributed by atoms with Crippen LogP contribution in [0.4, 0.5) is 13.2 Å². The Bertz CT molecular complexity index is 354. The van der Waals surface area contributed by atoms with Gasteiger partial charge in [-0.15, -0.1) is 0 Å². The number of benzene rings is 1. The summed E-state index contributed by atoms with van der Waals surface area (Å²) in [5.74, 6) is -0.601. The Balaban J connectivity index is 2.75. The van der Waals surface area contributed by atoms with Gasteiger partial charge < -0.3 is 4.74 Å². The van der Waals surface area contributed by atoms with Crippen LogP contribution in [0.5, 0.6) is 0 Å². The van der Waals surface area contributed by atoms with E-state index in [1.807, 2.05) is 6.92 Å². The van der Waals surface area contributed by atoms with Crippen molar-refractivity contribution in [3.63, 3.8) is 0 Å². The van der Waals surface area contributed by atoms with Crippen LogP contribution in [0.3, 0.4) is 0 Å². The van der Waals surface area contributed by atoms with Gasteiger partial charge in [-0.2, -0.15) is 13.2 Å². The van der Waals surface area contributed by atoms with Crippen molar-refractivity contribution in [1.29, 1.82) is 0 Å². The number of hydrogen-bond donors (Lipinski definition) is 0. The van der Waals surface area contributed by atoms with Gasteiger partial charge in [0.05, 0.1) is 17.7 Å². The lowest BCUT2D eigenvalue weighted by Gasteiger charge is -2.07. The van der Waals surface area contributed by atoms with Crippen molar-refractivity contribution in [3.8, 4) is 0 Å². The first kappa shape index (κ1) is 12.5. The second-order valence-corrected chi connectivity index (χ2v) is 3.21. The lowest BCUT2D eigenvalue weighted by molar-refractivity contribution is -0.137. The van der Waals surface area contributed by atoms with Gasteiger partial charge in [0.15, 0.2) is 0 Å². The topological polar surface area (TPSA) is 26.3 Å². The van der Waals surface area contributed by atoms with Crippen LogP contribution in [0.25, 0.3) is 0 Å². The largest absolute Gasteiger partial charge is 0.462 e. The molecule has 88 valence electrons. The second-order valence-electron chi connectivity index (χ2n) is 3.21. The zero-order valence-corrected chi connectivity index (χ0v) is 8.67. The average molecular weight is 232 g/mol. The van der Waals surface area contributed by atoms with Crippen LogP contribution in [-0.4, -0.2) is 12.6 Å². The molecule has 0 spiro atoms. The summed E-state index contributed by atoms with van der Waals surface area (Å²) in [6.45, 7) is 2.10. The summed E-state index contributed by atoms with van der Waals surface area (Å²) in [6.07, 6.45) is -3.71. The third-order valence-corrected chi connectivity index (χ3v) is 1.89. The first-order valence-electron chi connectivity index (χ1n) is 4.79. The van der Waals surface area contributed by atoms with Crippen molar-refractivity contribution >= 4 is 5.97 Å². The molecule has 0 bridgehead atoms. The van der Waals surface area contributed by atoms with E-state index in [1.165, 1.54) is 0 Å². The monoisotopic (exact) mass is 232 g/mol. The highest BCUT2D eigenvalue weighted by Gasteiger charge is 2.30. The van der Waals surface area contributed by atoms with Crippen molar-refractivity contribution in [1.82, 2.24) is 0 Å². The number of carbonyl (C=O) groups excluding carboxylic acids is 1. The van der Waals surface area contributed by atoms with Crippen molar-refractivity contribution in [2.24, 2.45) is 0 Å². The maximum Gasteiger partial charge on any atom is 0.416 e. The van der Waals surface area contributed by atoms with Crippen LogP contribution < -0.4 is 0 Å². The Hall–Kier alpha value is -1.52. The lowest BCUT2D eigenvalue weighted by atomic mass is 10.1. The summed E-state index contributed by atoms with van der Waals surface area (Å²) in [5, 5.41) is 0. The fraction of sp³-hybridized carbons (Fsp3) is 0.364. The van der Waals surface area contributed by atoms with E-state index in [0.717, 1.165) is 24.3 Å². The maximum atomic E-state index is 12.2. The minimum absolute atomic E-state index is 0.126. The van der Waals surface area contributed by atoms with Crippen molar-refractivity contribution in [3.05, 3.63) is 35.4 Å². The Labute approximate surface area is 91.0 Å². The number of rotatable bonds is 3. The molecule has 0 heterocycles. The molecule has 0 aliphatic rings. The van der Waals surface area contributed by atoms with Crippen molar-refractivity contribution < 1.29 is 22.7 Å². The lowest BCUT2D eigenvalue weighted by Crippen LogP contribution is -2.08. The molecule has 0 unspecified atom stereocenters. The van der Waals surface area contributed by atoms with E-state index < -0.39 is 17.7 Å². The molecule has 1 rings (SSSR count). The highest BCUT2D eigenvalue weighted by molar-refractivity contribution is 5.89. The zero-order chi connectivity index (χ0) is 12.2. The molecular weight excluding hydrogens is 221 g/mol. The van der Waals surface area contributed by atoms with E-state index >= 15 is 0 Å². The number of halogens is 3. The third-order valence-electron chi connectivity index (χ3n) is 1.89. The molecule has 0 aliphatic carbocycles. The Kier molecular flexibility index (Phi) is 3.93. The number of ether oxygens (including phenoxy) is 1. The molecule has 0 amide bonds. The Morgan fingerprint density at radius 1 is 1.25 bits per heavy atom. The number of alkyl halides is 3. The molecule has 0 aromatic heterocycles. The molecule has 16 heavy (non-hydrogen) atoms. The Morgan fingerprint density at radius 3 is 2.25 bits per heavy atom. The number of esters is 1. The molecule has 0 radical (unpaired) electrons. The average Bonchev–Trinajstić information content (AvgIpc) is 2.25. The van der Waals surface area contributed by atoms with Crippen LogP contribution in [0.15, 0.2) is 24.3 Å². The van der Waals surface area contributed by atoms with Gasteiger partial charge in [0.1, 0.15) is 0 Å². The van der Waals surface area contributed by atoms with Gasteiger partial charge in [-0.25, -0.2) is 4.79 Å². The molecule has 0 N–H and O–H groups in total. The second kappa shape index (κ2) is 5.01. The fourth-order valence-electron chi connectivity index (χ4n) is 1.07. The van der Waals surface area contributed by atoms with Crippen LogP contribution >= 0.6 is 0 Å². The normalized spacial score (nSPS) is 11.2. The number of carbonyl (C=O) groups is 1. The summed E-state index contributed by atoms with van der Waals surface area (Å²) in [5.41, 5.74) is -0.652. The summed E-state index contributed by atoms with van der Waals surface area (Å²) in [6, 6.07) is 3.95. The predicted octanol–water partition coefficient (Wildman–Crippen LogP) is 3.27. The minimum atomic E-state index is -4.38. The zero-order valence-electron chi connectivity index (χ0n) is 8.67. The fourth-order valence-corrected chi connectivity index (χ4v) is 1.07. The molecule has 0 atom stereocenters. The summed E-state index contributed by atoms with van der Waals surface area (Å²) < 4.78 is 41.4. The van der Waals surface area contributed by atoms with Gasteiger partial charge in [0, 0.05) is 0 Å². The van der Waals surface area contributed by atoms with Crippen molar-refractivity contribution in [2.45, 2.75) is 19.5 Å². The van der Waals surface area contributed by atoms with Crippen LogP contribution in [0.1, 0.15) is 29.3 Å². The van der Waals surface area contributed by atoms with Gasteiger partial charge in [-0.05, 0) is 30.7 Å². The molecule has 0 fully saturated rings. The number of hydrogen-bond acceptors (Lipinski definition) is 2. The first-order chi connectivity index (χ1) is 7.45. The van der Waals surface area contributed by atoms with Gasteiger partial charge >= 0.3 is 12.1 Å². The van der Waals surface area contributed by atoms with E-state index in [0.29, 0.717) is 6.42 Å². The summed E-state index contributed by atoms with van der Waals surface area (Å²) >= 11 is 0. The SMILES string of the molecule is CCCOC(=O)c1ccc(C(F)(F)F)cc1. The van der Waals surface area contributed by atoms with Crippen LogP contribution in [0.2, 0.25) is 0 Å². The standard InChI is InChI=1S/C11H11F3O2/c1-2-7-16-10(15)8-3-5-9(6-4-8)11(12,13)14/h3-6H,2,7H2,1H3. The quantitative estimate of drug-likeness (QED) is 0.747. The highest BCUT2D eigenvalue weighted by atomic mass is 19.4. The molecule has 1 aromatic rings. The molecule has 2 nitrogen and oxygen atoms in total. The van der Waals surface area contributed by atoms with Gasteiger partial charge in [-0.1, -0.05) is 6.92 Å². The minimum Gasteiger partial charge on any atom is -0.462 e. The molecule has 5 heteroatoms. The smallest absolute Gasteiger partial charge is 0.416 e. The van der Waals surface area contributed by atoms with Gasteiger partial charge in [0.25, 0.3) is 0 Å². The summed E-state index contributed by atoms with van der Waals surface area (Å²) in [7, 11) is 0. The molecule has 0 saturated heterocycles. The van der Waals surface area contributed by atoms with E-state index in [1.54, 1.807) is 0 Å².